The Kier molecular flexibility index (Phi) is 6.54. The van der Waals surface area contributed by atoms with Crippen molar-refractivity contribution in [2.75, 3.05) is 25.1 Å². The lowest BCUT2D eigenvalue weighted by atomic mass is 9.97. The summed E-state index contributed by atoms with van der Waals surface area (Å²) in [6, 6.07) is 14.2. The number of benzene rings is 2. The van der Waals surface area contributed by atoms with Crippen LogP contribution in [0.5, 0.6) is 5.75 Å². The number of nitrogens with one attached hydrogen (secondary N) is 1. The largest absolute Gasteiger partial charge is 0.497 e. The fourth-order valence-electron chi connectivity index (χ4n) is 4.85. The van der Waals surface area contributed by atoms with Gasteiger partial charge < -0.3 is 15.0 Å². The molecule has 0 spiro atoms. The highest BCUT2D eigenvalue weighted by atomic mass is 19.1. The maximum absolute atomic E-state index is 14.0. The van der Waals surface area contributed by atoms with Gasteiger partial charge in [-0.1, -0.05) is 18.2 Å². The van der Waals surface area contributed by atoms with Crippen LogP contribution >= 0.6 is 0 Å². The molecular formula is C27H29FN6O2. The first-order valence-electron chi connectivity index (χ1n) is 12.1. The molecule has 3 heterocycles. The molecule has 0 saturated carbocycles. The second-order valence-corrected chi connectivity index (χ2v) is 9.12. The van der Waals surface area contributed by atoms with E-state index in [2.05, 4.69) is 20.4 Å². The molecule has 1 saturated heterocycles. The first-order valence-corrected chi connectivity index (χ1v) is 12.1. The summed E-state index contributed by atoms with van der Waals surface area (Å²) in [5.41, 5.74) is 3.94. The van der Waals surface area contributed by atoms with Gasteiger partial charge in [-0.25, -0.2) is 9.07 Å². The number of halogens is 1. The normalized spacial score (nSPS) is 15.8. The van der Waals surface area contributed by atoms with Crippen LogP contribution in [0.15, 0.2) is 48.5 Å². The van der Waals surface area contributed by atoms with Crippen molar-refractivity contribution < 1.29 is 13.9 Å². The second-order valence-electron chi connectivity index (χ2n) is 9.12. The Morgan fingerprint density at radius 1 is 1.14 bits per heavy atom. The first kappa shape index (κ1) is 23.7. The number of rotatable bonds is 6. The van der Waals surface area contributed by atoms with E-state index >= 15 is 0 Å². The average Bonchev–Trinajstić information content (AvgIpc) is 3.26. The van der Waals surface area contributed by atoms with Gasteiger partial charge in [0.1, 0.15) is 17.1 Å². The lowest BCUT2D eigenvalue weighted by Gasteiger charge is -2.32. The van der Waals surface area contributed by atoms with Crippen molar-refractivity contribution in [3.8, 4) is 11.4 Å². The first-order chi connectivity index (χ1) is 17.5. The summed E-state index contributed by atoms with van der Waals surface area (Å²) in [6.07, 6.45) is 1.61. The van der Waals surface area contributed by atoms with Crippen LogP contribution in [-0.4, -0.2) is 46.1 Å². The molecule has 4 aromatic rings. The van der Waals surface area contributed by atoms with E-state index in [4.69, 9.17) is 9.84 Å². The van der Waals surface area contributed by atoms with Gasteiger partial charge in [0.25, 0.3) is 0 Å². The van der Waals surface area contributed by atoms with Crippen LogP contribution in [0.4, 0.5) is 10.2 Å². The average molecular weight is 489 g/mol. The van der Waals surface area contributed by atoms with Gasteiger partial charge in [0, 0.05) is 25.2 Å². The van der Waals surface area contributed by atoms with Crippen molar-refractivity contribution in [2.45, 2.75) is 33.2 Å². The zero-order valence-electron chi connectivity index (χ0n) is 20.7. The van der Waals surface area contributed by atoms with Gasteiger partial charge in [0.2, 0.25) is 5.91 Å². The molecule has 1 atom stereocenters. The lowest BCUT2D eigenvalue weighted by molar-refractivity contribution is -0.125. The van der Waals surface area contributed by atoms with Gasteiger partial charge >= 0.3 is 0 Å². The zero-order chi connectivity index (χ0) is 25.2. The molecule has 1 amide bonds. The van der Waals surface area contributed by atoms with E-state index in [0.717, 1.165) is 53.1 Å². The maximum Gasteiger partial charge on any atom is 0.225 e. The Hall–Kier alpha value is -4.01. The topological polar surface area (TPSA) is 85.2 Å². The van der Waals surface area contributed by atoms with Gasteiger partial charge in [-0.05, 0) is 57.0 Å². The molecule has 0 aliphatic carbocycles. The molecule has 9 heteroatoms. The third kappa shape index (κ3) is 4.48. The fourth-order valence-corrected chi connectivity index (χ4v) is 4.85. The Bertz CT molecular complexity index is 1400. The molecule has 1 N–H and O–H groups in total. The van der Waals surface area contributed by atoms with E-state index in [9.17, 15) is 9.18 Å². The van der Waals surface area contributed by atoms with Gasteiger partial charge in [-0.3, -0.25) is 4.79 Å². The number of hydrogen-bond acceptors (Lipinski definition) is 6. The van der Waals surface area contributed by atoms with E-state index in [-0.39, 0.29) is 24.2 Å². The standard InChI is InChI=1S/C27H29FN6O2/c1-17-24-18(2)34(21-10-12-22(36-3)13-11-21)32-25(24)26(31-30-17)33-14-6-8-20(16-33)27(35)29-15-19-7-4-5-9-23(19)28/h4-5,7,9-13,20H,6,8,14-16H2,1-3H3,(H,29,35). The summed E-state index contributed by atoms with van der Waals surface area (Å²) in [6.45, 7) is 5.39. The molecular weight excluding hydrogens is 459 g/mol. The second kappa shape index (κ2) is 9.93. The molecule has 0 radical (unpaired) electrons. The maximum atomic E-state index is 14.0. The minimum absolute atomic E-state index is 0.0841. The Labute approximate surface area is 209 Å². The van der Waals surface area contributed by atoms with Crippen LogP contribution in [0.25, 0.3) is 16.6 Å². The van der Waals surface area contributed by atoms with Crippen molar-refractivity contribution in [3.05, 3.63) is 71.3 Å². The third-order valence-corrected chi connectivity index (χ3v) is 6.80. The highest BCUT2D eigenvalue weighted by molar-refractivity contribution is 5.92. The number of amides is 1. The van der Waals surface area contributed by atoms with Gasteiger partial charge in [-0.2, -0.15) is 10.2 Å². The predicted octanol–water partition coefficient (Wildman–Crippen LogP) is 4.11. The highest BCUT2D eigenvalue weighted by Gasteiger charge is 2.29. The van der Waals surface area contributed by atoms with Gasteiger partial charge in [0.05, 0.1) is 35.5 Å². The van der Waals surface area contributed by atoms with E-state index in [1.807, 2.05) is 42.8 Å². The number of methoxy groups -OCH3 is 1. The molecule has 5 rings (SSSR count). The Balaban J connectivity index is 1.40. The van der Waals surface area contributed by atoms with Crippen molar-refractivity contribution in [3.63, 3.8) is 0 Å². The number of ether oxygens (including phenoxy) is 1. The summed E-state index contributed by atoms with van der Waals surface area (Å²) in [4.78, 5) is 15.0. The number of hydrogen-bond donors (Lipinski definition) is 1. The van der Waals surface area contributed by atoms with Crippen molar-refractivity contribution in [2.24, 2.45) is 5.92 Å². The number of piperidine rings is 1. The Morgan fingerprint density at radius 3 is 2.67 bits per heavy atom. The van der Waals surface area contributed by atoms with Crippen LogP contribution in [0.1, 0.15) is 29.8 Å². The molecule has 1 unspecified atom stereocenters. The molecule has 2 aromatic carbocycles. The zero-order valence-corrected chi connectivity index (χ0v) is 20.7. The predicted molar refractivity (Wildman–Crippen MR) is 136 cm³/mol. The molecule has 1 fully saturated rings. The number of aryl methyl sites for hydroxylation is 2. The van der Waals surface area contributed by atoms with Crippen molar-refractivity contribution in [1.82, 2.24) is 25.3 Å². The summed E-state index contributed by atoms with van der Waals surface area (Å²) >= 11 is 0. The van der Waals surface area contributed by atoms with Crippen LogP contribution in [-0.2, 0) is 11.3 Å². The number of anilines is 1. The lowest BCUT2D eigenvalue weighted by Crippen LogP contribution is -2.43. The monoisotopic (exact) mass is 488 g/mol. The summed E-state index contributed by atoms with van der Waals surface area (Å²) in [5.74, 6) is 0.828. The van der Waals surface area contributed by atoms with E-state index in [1.54, 1.807) is 25.3 Å². The van der Waals surface area contributed by atoms with E-state index in [0.29, 0.717) is 17.9 Å². The summed E-state index contributed by atoms with van der Waals surface area (Å²) in [7, 11) is 1.64. The minimum atomic E-state index is -0.316. The Morgan fingerprint density at radius 2 is 1.92 bits per heavy atom. The SMILES string of the molecule is COc1ccc(-n2nc3c(N4CCCC(C(=O)NCc5ccccc5F)C4)nnc(C)c3c2C)cc1. The van der Waals surface area contributed by atoms with E-state index in [1.165, 1.54) is 6.07 Å². The number of carbonyl (C=O) groups excluding carboxylic acids is 1. The van der Waals surface area contributed by atoms with Crippen LogP contribution in [0.2, 0.25) is 0 Å². The number of fused-ring (bicyclic) bond motifs is 1. The van der Waals surface area contributed by atoms with Crippen molar-refractivity contribution >= 4 is 22.6 Å². The molecule has 186 valence electrons. The van der Waals surface area contributed by atoms with Gasteiger partial charge in [0.15, 0.2) is 5.82 Å². The molecule has 2 aromatic heterocycles. The minimum Gasteiger partial charge on any atom is -0.497 e. The highest BCUT2D eigenvalue weighted by Crippen LogP contribution is 2.32. The summed E-state index contributed by atoms with van der Waals surface area (Å²) < 4.78 is 21.1. The van der Waals surface area contributed by atoms with Crippen LogP contribution in [0, 0.1) is 25.6 Å². The number of carbonyl (C=O) groups is 1. The summed E-state index contributed by atoms with van der Waals surface area (Å²) in [5, 5.41) is 17.7. The molecule has 1 aliphatic heterocycles. The molecule has 1 aliphatic rings. The third-order valence-electron chi connectivity index (χ3n) is 6.80. The quantitative estimate of drug-likeness (QED) is 0.440. The van der Waals surface area contributed by atoms with Gasteiger partial charge in [-0.15, -0.1) is 5.10 Å². The number of aromatic nitrogens is 4. The molecule has 0 bridgehead atoms. The van der Waals surface area contributed by atoms with Crippen LogP contribution in [0.3, 0.4) is 0 Å². The van der Waals surface area contributed by atoms with E-state index < -0.39 is 0 Å². The van der Waals surface area contributed by atoms with Crippen LogP contribution < -0.4 is 15.0 Å². The molecule has 36 heavy (non-hydrogen) atoms. The van der Waals surface area contributed by atoms with Crippen molar-refractivity contribution in [1.29, 1.82) is 0 Å². The fraction of sp³-hybridized carbons (Fsp3) is 0.333. The smallest absolute Gasteiger partial charge is 0.225 e. The molecule has 8 nitrogen and oxygen atoms in total. The number of nitrogens with zero attached hydrogens (tertiary/aromatic N) is 5.